The van der Waals surface area contributed by atoms with Crippen molar-refractivity contribution in [2.75, 3.05) is 7.05 Å². The second-order valence-corrected chi connectivity index (χ2v) is 10.5. The molecule has 3 aromatic rings. The summed E-state index contributed by atoms with van der Waals surface area (Å²) in [4.78, 5) is 14.6. The summed E-state index contributed by atoms with van der Waals surface area (Å²) in [6.45, 7) is -0.0262. The molecule has 0 N–H and O–H groups in total. The monoisotopic (exact) mass is 462 g/mol. The van der Waals surface area contributed by atoms with Crippen LogP contribution in [0.3, 0.4) is 0 Å². The van der Waals surface area contributed by atoms with Crippen molar-refractivity contribution in [1.82, 2.24) is 9.21 Å². The Balaban J connectivity index is 1.66. The van der Waals surface area contributed by atoms with Crippen molar-refractivity contribution in [3.05, 3.63) is 88.3 Å². The number of likely N-dealkylation sites (N-methyl/N-ethyl adjacent to an activating group) is 1. The van der Waals surface area contributed by atoms with Gasteiger partial charge in [-0.3, -0.25) is 4.79 Å². The third-order valence-electron chi connectivity index (χ3n) is 5.35. The lowest BCUT2D eigenvalue weighted by Crippen LogP contribution is -2.52. The number of hydrogen-bond acceptors (Lipinski definition) is 4. The Morgan fingerprint density at radius 2 is 1.87 bits per heavy atom. The number of benzene rings is 2. The van der Waals surface area contributed by atoms with E-state index in [1.54, 1.807) is 11.4 Å². The normalized spacial score (nSPS) is 16.7. The van der Waals surface area contributed by atoms with Gasteiger partial charge in [0.15, 0.2) is 0 Å². The molecular formula is C22H20F2N2O3S2. The number of halogens is 2. The molecular weight excluding hydrogens is 442 g/mol. The van der Waals surface area contributed by atoms with E-state index in [4.69, 9.17) is 0 Å². The minimum absolute atomic E-state index is 0.0750. The van der Waals surface area contributed by atoms with Gasteiger partial charge < -0.3 is 4.90 Å². The van der Waals surface area contributed by atoms with Crippen LogP contribution in [-0.2, 0) is 34.3 Å². The maximum Gasteiger partial charge on any atom is 0.253 e. The highest BCUT2D eigenvalue weighted by atomic mass is 32.2. The first-order valence-corrected chi connectivity index (χ1v) is 11.9. The quantitative estimate of drug-likeness (QED) is 0.580. The van der Waals surface area contributed by atoms with E-state index >= 15 is 0 Å². The van der Waals surface area contributed by atoms with Crippen LogP contribution in [0.15, 0.2) is 64.2 Å². The summed E-state index contributed by atoms with van der Waals surface area (Å²) in [5, 5.41) is 1.67. The molecule has 9 heteroatoms. The van der Waals surface area contributed by atoms with E-state index in [0.717, 1.165) is 34.6 Å². The number of thiophene rings is 1. The smallest absolute Gasteiger partial charge is 0.253 e. The first kappa shape index (κ1) is 21.6. The molecule has 0 saturated carbocycles. The zero-order chi connectivity index (χ0) is 22.2. The first-order chi connectivity index (χ1) is 14.8. The van der Waals surface area contributed by atoms with E-state index in [0.29, 0.717) is 0 Å². The molecule has 1 aliphatic heterocycles. The third kappa shape index (κ3) is 4.26. The highest BCUT2D eigenvalue weighted by Gasteiger charge is 2.41. The van der Waals surface area contributed by atoms with Crippen LogP contribution in [-0.4, -0.2) is 36.6 Å². The van der Waals surface area contributed by atoms with Crippen molar-refractivity contribution in [3.63, 3.8) is 0 Å². The standard InChI is InChI=1S/C22H20F2N2O3S2/c1-25(13-17-8-9-18(23)12-19(17)24)22(27)20-11-15-5-2-3-6-16(15)14-26(20)31(28,29)21-7-4-10-30-21/h2-10,12,20H,11,13-14H2,1H3/t20-/m0/s1. The number of sulfonamides is 1. The van der Waals surface area contributed by atoms with Gasteiger partial charge in [0.25, 0.3) is 10.0 Å². The third-order valence-corrected chi connectivity index (χ3v) is 8.58. The Kier molecular flexibility index (Phi) is 5.92. The summed E-state index contributed by atoms with van der Waals surface area (Å²) in [5.41, 5.74) is 1.90. The number of nitrogens with zero attached hydrogens (tertiary/aromatic N) is 2. The second-order valence-electron chi connectivity index (χ2n) is 7.40. The second kappa shape index (κ2) is 8.49. The van der Waals surface area contributed by atoms with Gasteiger partial charge >= 0.3 is 0 Å². The Morgan fingerprint density at radius 3 is 2.55 bits per heavy atom. The molecule has 1 aromatic heterocycles. The Labute approximate surface area is 183 Å². The lowest BCUT2D eigenvalue weighted by molar-refractivity contribution is -0.135. The summed E-state index contributed by atoms with van der Waals surface area (Å²) in [7, 11) is -2.41. The van der Waals surface area contributed by atoms with E-state index in [1.807, 2.05) is 24.3 Å². The lowest BCUT2D eigenvalue weighted by atomic mass is 9.95. The summed E-state index contributed by atoms with van der Waals surface area (Å²) < 4.78 is 55.3. The minimum Gasteiger partial charge on any atom is -0.340 e. The summed E-state index contributed by atoms with van der Waals surface area (Å²) in [6.07, 6.45) is 0.218. The molecule has 0 saturated heterocycles. The Hall–Kier alpha value is -2.62. The first-order valence-electron chi connectivity index (χ1n) is 9.58. The van der Waals surface area contributed by atoms with Crippen LogP contribution in [0.4, 0.5) is 8.78 Å². The van der Waals surface area contributed by atoms with Crippen LogP contribution in [0, 0.1) is 11.6 Å². The lowest BCUT2D eigenvalue weighted by Gasteiger charge is -2.36. The molecule has 0 unspecified atom stereocenters. The molecule has 0 bridgehead atoms. The van der Waals surface area contributed by atoms with Gasteiger partial charge in [-0.1, -0.05) is 36.4 Å². The zero-order valence-corrected chi connectivity index (χ0v) is 18.3. The van der Waals surface area contributed by atoms with Crippen LogP contribution < -0.4 is 0 Å². The summed E-state index contributed by atoms with van der Waals surface area (Å²) in [5.74, 6) is -1.90. The Bertz CT molecular complexity index is 1210. The fourth-order valence-electron chi connectivity index (χ4n) is 3.73. The molecule has 0 spiro atoms. The van der Waals surface area contributed by atoms with Crippen molar-refractivity contribution in [2.24, 2.45) is 0 Å². The van der Waals surface area contributed by atoms with Gasteiger partial charge in [-0.15, -0.1) is 11.3 Å². The van der Waals surface area contributed by atoms with Gasteiger partial charge in [-0.25, -0.2) is 17.2 Å². The molecule has 2 aromatic carbocycles. The van der Waals surface area contributed by atoms with Crippen molar-refractivity contribution in [1.29, 1.82) is 0 Å². The number of fused-ring (bicyclic) bond motifs is 1. The molecule has 1 atom stereocenters. The van der Waals surface area contributed by atoms with Gasteiger partial charge in [0.2, 0.25) is 5.91 Å². The predicted octanol–water partition coefficient (Wildman–Crippen LogP) is 3.80. The molecule has 162 valence electrons. The van der Waals surface area contributed by atoms with E-state index in [2.05, 4.69) is 0 Å². The molecule has 0 aliphatic carbocycles. The van der Waals surface area contributed by atoms with Gasteiger partial charge in [0, 0.05) is 31.8 Å². The molecule has 5 nitrogen and oxygen atoms in total. The maximum absolute atomic E-state index is 14.1. The van der Waals surface area contributed by atoms with Gasteiger partial charge in [-0.05, 0) is 35.1 Å². The van der Waals surface area contributed by atoms with E-state index in [1.165, 1.54) is 28.4 Å². The van der Waals surface area contributed by atoms with E-state index in [9.17, 15) is 22.0 Å². The van der Waals surface area contributed by atoms with E-state index < -0.39 is 33.6 Å². The van der Waals surface area contributed by atoms with E-state index in [-0.39, 0.29) is 29.3 Å². The SMILES string of the molecule is CN(Cc1ccc(F)cc1F)C(=O)[C@@H]1Cc2ccccc2CN1S(=O)(=O)c1cccs1. The van der Waals surface area contributed by atoms with Gasteiger partial charge in [-0.2, -0.15) is 4.31 Å². The number of carbonyl (C=O) groups excluding carboxylic acids is 1. The van der Waals surface area contributed by atoms with Crippen molar-refractivity contribution < 1.29 is 22.0 Å². The fraction of sp³-hybridized carbons (Fsp3) is 0.227. The van der Waals surface area contributed by atoms with Crippen LogP contribution >= 0.6 is 11.3 Å². The predicted molar refractivity (Wildman–Crippen MR) is 114 cm³/mol. The molecule has 0 fully saturated rings. The largest absolute Gasteiger partial charge is 0.340 e. The molecule has 0 radical (unpaired) electrons. The minimum atomic E-state index is -3.90. The summed E-state index contributed by atoms with van der Waals surface area (Å²) >= 11 is 1.09. The number of amides is 1. The highest BCUT2D eigenvalue weighted by Crippen LogP contribution is 2.31. The van der Waals surface area contributed by atoms with Crippen LogP contribution in [0.25, 0.3) is 0 Å². The molecule has 1 aliphatic rings. The van der Waals surface area contributed by atoms with Crippen LogP contribution in [0.2, 0.25) is 0 Å². The number of hydrogen-bond donors (Lipinski definition) is 0. The average Bonchev–Trinajstić information content (AvgIpc) is 3.30. The van der Waals surface area contributed by atoms with Crippen molar-refractivity contribution >= 4 is 27.3 Å². The number of rotatable bonds is 5. The average molecular weight is 463 g/mol. The van der Waals surface area contributed by atoms with Crippen molar-refractivity contribution in [3.8, 4) is 0 Å². The van der Waals surface area contributed by atoms with Crippen LogP contribution in [0.5, 0.6) is 0 Å². The Morgan fingerprint density at radius 1 is 1.13 bits per heavy atom. The molecule has 4 rings (SSSR count). The highest BCUT2D eigenvalue weighted by molar-refractivity contribution is 7.91. The maximum atomic E-state index is 14.1. The molecule has 31 heavy (non-hydrogen) atoms. The number of carbonyl (C=O) groups is 1. The van der Waals surface area contributed by atoms with Crippen molar-refractivity contribution in [2.45, 2.75) is 29.8 Å². The fourth-order valence-corrected chi connectivity index (χ4v) is 6.40. The molecule has 2 heterocycles. The van der Waals surface area contributed by atoms with Crippen LogP contribution in [0.1, 0.15) is 16.7 Å². The summed E-state index contributed by atoms with van der Waals surface area (Å²) in [6, 6.07) is 12.8. The molecule has 1 amide bonds. The zero-order valence-electron chi connectivity index (χ0n) is 16.7. The topological polar surface area (TPSA) is 57.7 Å². The van der Waals surface area contributed by atoms with Gasteiger partial charge in [0.05, 0.1) is 0 Å². The van der Waals surface area contributed by atoms with Gasteiger partial charge in [0.1, 0.15) is 21.9 Å².